The number of nitrogens with zero attached hydrogens (tertiary/aromatic N) is 3. The maximum Gasteiger partial charge on any atom is 1.00 e. The Morgan fingerprint density at radius 1 is 0.750 bits per heavy atom. The van der Waals surface area contributed by atoms with Crippen molar-refractivity contribution in [3.05, 3.63) is 0 Å². The third-order valence-corrected chi connectivity index (χ3v) is 0. The summed E-state index contributed by atoms with van der Waals surface area (Å²) in [5, 5.41) is 19.5. The molecule has 0 bridgehead atoms. The maximum atomic E-state index is 6.50. The van der Waals surface area contributed by atoms with E-state index in [4.69, 9.17) is 15.8 Å². The normalized spacial score (nSPS) is 0.750. The van der Waals surface area contributed by atoms with Crippen molar-refractivity contribution >= 4 is 0 Å². The zero-order chi connectivity index (χ0) is 6.00. The number of hydrogen-bond donors (Lipinski definition) is 0. The molecular formula is C3H4AuKN3. The van der Waals surface area contributed by atoms with Gasteiger partial charge in [-0.25, -0.2) is 15.8 Å². The van der Waals surface area contributed by atoms with E-state index in [1.54, 1.807) is 0 Å². The predicted octanol–water partition coefficient (Wildman–Crippen LogP) is -2.47. The fourth-order valence-corrected chi connectivity index (χ4v) is 0. The Morgan fingerprint density at radius 2 is 0.750 bits per heavy atom. The molecule has 43 valence electrons. The average molecular weight is 318 g/mol. The topological polar surface area (TPSA) is 71.4 Å². The van der Waals surface area contributed by atoms with Gasteiger partial charge in [0, 0.05) is 42.1 Å². The minimum Gasteiger partial charge on any atom is -1.00 e. The third-order valence-electron chi connectivity index (χ3n) is 0. The largest absolute Gasteiger partial charge is 1.00 e. The first-order valence-electron chi connectivity index (χ1n) is 0.775. The van der Waals surface area contributed by atoms with Crippen molar-refractivity contribution in [2.24, 2.45) is 0 Å². The van der Waals surface area contributed by atoms with Gasteiger partial charge in [-0.3, -0.25) is 0 Å². The fraction of sp³-hybridized carbons (Fsp3) is 0. The second kappa shape index (κ2) is 513. The van der Waals surface area contributed by atoms with E-state index in [-0.39, 0.29) is 75.2 Å². The Kier molecular flexibility index (Phi) is 2360. The van der Waals surface area contributed by atoms with E-state index in [0.717, 1.165) is 0 Å². The molecule has 0 heterocycles. The quantitative estimate of drug-likeness (QED) is 0.465. The van der Waals surface area contributed by atoms with Gasteiger partial charge in [-0.2, -0.15) is 0 Å². The van der Waals surface area contributed by atoms with Gasteiger partial charge in [-0.15, -0.1) is 0 Å². The maximum absolute atomic E-state index is 6.50. The van der Waals surface area contributed by atoms with E-state index in [1.807, 2.05) is 0 Å². The predicted molar refractivity (Wildman–Crippen MR) is 21.1 cm³/mol. The van der Waals surface area contributed by atoms with Crippen LogP contribution < -0.4 is 51.4 Å². The van der Waals surface area contributed by atoms with Gasteiger partial charge in [-0.1, -0.05) is 0 Å². The molecule has 0 aromatic heterocycles. The van der Waals surface area contributed by atoms with Crippen LogP contribution in [0.5, 0.6) is 0 Å². The molecule has 0 atom stereocenters. The molecule has 0 N–H and O–H groups in total. The van der Waals surface area contributed by atoms with E-state index in [0.29, 0.717) is 0 Å². The van der Waals surface area contributed by atoms with Gasteiger partial charge in [0.2, 0.25) is 0 Å². The summed E-state index contributed by atoms with van der Waals surface area (Å²) < 4.78 is 0. The number of rotatable bonds is 0. The van der Waals surface area contributed by atoms with Gasteiger partial charge in [-0.05, 0) is 0 Å². The Bertz CT molecular complexity index is 47.5. The summed E-state index contributed by atoms with van der Waals surface area (Å²) in [5.74, 6) is 0. The van der Waals surface area contributed by atoms with Crippen molar-refractivity contribution in [1.29, 1.82) is 15.8 Å². The molecule has 5 heteroatoms. The minimum absolute atomic E-state index is 0. The Balaban J connectivity index is -0.00000000321. The number of hydrogen-bond acceptors (Lipinski definition) is 3. The molecule has 0 spiro atoms. The van der Waals surface area contributed by atoms with Crippen LogP contribution in [0, 0.1) is 35.5 Å². The summed E-state index contributed by atoms with van der Waals surface area (Å²) in [4.78, 5) is 0. The Hall–Kier alpha value is 0.847. The van der Waals surface area contributed by atoms with Gasteiger partial charge in [0.05, 0.1) is 0 Å². The van der Waals surface area contributed by atoms with E-state index in [2.05, 4.69) is 19.7 Å². The Morgan fingerprint density at radius 3 is 0.750 bits per heavy atom. The van der Waals surface area contributed by atoms with Crippen molar-refractivity contribution < 1.29 is 75.2 Å². The molecule has 0 aliphatic rings. The molecule has 0 aromatic carbocycles. The smallest absolute Gasteiger partial charge is 1.00 e. The van der Waals surface area contributed by atoms with Crippen molar-refractivity contribution in [3.63, 3.8) is 0 Å². The summed E-state index contributed by atoms with van der Waals surface area (Å²) in [6, 6.07) is 0. The molecule has 0 aliphatic carbocycles. The van der Waals surface area contributed by atoms with Crippen molar-refractivity contribution in [3.8, 4) is 19.7 Å². The van der Waals surface area contributed by atoms with Crippen molar-refractivity contribution in [1.82, 2.24) is 0 Å². The zero-order valence-electron chi connectivity index (χ0n) is 5.38. The molecule has 0 unspecified atom stereocenters. The monoisotopic (exact) mass is 318 g/mol. The first-order chi connectivity index (χ1) is 3.00. The van der Waals surface area contributed by atoms with Crippen LogP contribution in [0.1, 0.15) is 1.43 Å². The molecule has 8 heavy (non-hydrogen) atoms. The summed E-state index contributed by atoms with van der Waals surface area (Å²) >= 11 is 0. The van der Waals surface area contributed by atoms with E-state index >= 15 is 0 Å². The number of nitriles is 3. The molecule has 0 rings (SSSR count). The van der Waals surface area contributed by atoms with Crippen molar-refractivity contribution in [2.45, 2.75) is 0 Å². The summed E-state index contributed by atoms with van der Waals surface area (Å²) in [7, 11) is 0. The van der Waals surface area contributed by atoms with Crippen LogP contribution in [0.25, 0.3) is 0 Å². The molecule has 0 amide bonds. The average Bonchev–Trinajstić information content (AvgIpc) is 1.81. The molecule has 0 aliphatic heterocycles. The van der Waals surface area contributed by atoms with Gasteiger partial charge in [0.25, 0.3) is 0 Å². The van der Waals surface area contributed by atoms with Crippen LogP contribution in [0.15, 0.2) is 0 Å². The first kappa shape index (κ1) is 36.8. The molecule has 0 saturated carbocycles. The second-order valence-electron chi connectivity index (χ2n) is 0. The van der Waals surface area contributed by atoms with Gasteiger partial charge in [0.1, 0.15) is 0 Å². The standard InChI is InChI=1S/3CHN.Au.K.H/c3*1-2;;;/h3*1H;;;/q;;;;+1;-1. The molecular weight excluding hydrogens is 314 g/mol. The first-order valence-corrected chi connectivity index (χ1v) is 0.775. The summed E-state index contributed by atoms with van der Waals surface area (Å²) in [6.45, 7) is 10.5. The molecule has 0 aromatic rings. The zero-order valence-corrected chi connectivity index (χ0v) is 9.66. The van der Waals surface area contributed by atoms with E-state index in [1.165, 1.54) is 0 Å². The molecule has 1 radical (unpaired) electrons. The van der Waals surface area contributed by atoms with Gasteiger partial charge in [0.15, 0.2) is 0 Å². The second-order valence-corrected chi connectivity index (χ2v) is 0. The van der Waals surface area contributed by atoms with Gasteiger partial charge >= 0.3 is 51.4 Å². The SMILES string of the molecule is C#N.C#N.C#N.[Au].[H-].[K+]. The third kappa shape index (κ3) is 327. The van der Waals surface area contributed by atoms with Crippen LogP contribution in [0.3, 0.4) is 0 Å². The van der Waals surface area contributed by atoms with E-state index in [9.17, 15) is 0 Å². The minimum atomic E-state index is 0. The van der Waals surface area contributed by atoms with E-state index < -0.39 is 0 Å². The summed E-state index contributed by atoms with van der Waals surface area (Å²) in [6.07, 6.45) is 0. The van der Waals surface area contributed by atoms with Gasteiger partial charge < -0.3 is 1.43 Å². The molecule has 0 saturated heterocycles. The summed E-state index contributed by atoms with van der Waals surface area (Å²) in [5.41, 5.74) is 0. The molecule has 3 nitrogen and oxygen atoms in total. The van der Waals surface area contributed by atoms with Crippen LogP contribution >= 0.6 is 0 Å². The van der Waals surface area contributed by atoms with Crippen LogP contribution in [-0.4, -0.2) is 0 Å². The van der Waals surface area contributed by atoms with Crippen LogP contribution in [0.2, 0.25) is 0 Å². The van der Waals surface area contributed by atoms with Crippen LogP contribution in [-0.2, 0) is 22.4 Å². The molecule has 0 fully saturated rings. The van der Waals surface area contributed by atoms with Crippen molar-refractivity contribution in [2.75, 3.05) is 0 Å². The fourth-order valence-electron chi connectivity index (χ4n) is 0. The Labute approximate surface area is 109 Å². The van der Waals surface area contributed by atoms with Crippen LogP contribution in [0.4, 0.5) is 0 Å².